The number of alkyl carbamates (subject to hydrolysis) is 1. The molecule has 0 unspecified atom stereocenters. The number of aliphatic hydroxyl groups is 1. The first-order valence-corrected chi connectivity index (χ1v) is 5.61. The number of rotatable bonds is 5. The van der Waals surface area contributed by atoms with E-state index in [1.54, 1.807) is 24.3 Å². The lowest BCUT2D eigenvalue weighted by molar-refractivity contribution is 0.178. The van der Waals surface area contributed by atoms with Crippen molar-refractivity contribution in [3.05, 3.63) is 48.3 Å². The first kappa shape index (κ1) is 13.3. The topological polar surface area (TPSA) is 58.6 Å². The van der Waals surface area contributed by atoms with E-state index in [-0.39, 0.29) is 6.61 Å². The summed E-state index contributed by atoms with van der Waals surface area (Å²) in [4.78, 5) is 11.4. The van der Waals surface area contributed by atoms with Crippen molar-refractivity contribution in [2.75, 3.05) is 13.2 Å². The summed E-state index contributed by atoms with van der Waals surface area (Å²) in [6.07, 6.45) is 13.6. The number of ether oxygens (including phenoxy) is 1. The second kappa shape index (κ2) is 8.35. The summed E-state index contributed by atoms with van der Waals surface area (Å²) >= 11 is 0. The molecule has 2 N–H and O–H groups in total. The molecule has 92 valence electrons. The molecule has 17 heavy (non-hydrogen) atoms. The lowest BCUT2D eigenvalue weighted by atomic mass is 10.3. The highest BCUT2D eigenvalue weighted by Gasteiger charge is 2.03. The molecule has 0 fully saturated rings. The molecular weight excluding hydrogens is 218 g/mol. The summed E-state index contributed by atoms with van der Waals surface area (Å²) in [5, 5.41) is 11.2. The van der Waals surface area contributed by atoms with Gasteiger partial charge in [-0.05, 0) is 25.0 Å². The minimum absolute atomic E-state index is 0.141. The van der Waals surface area contributed by atoms with Gasteiger partial charge in [-0.15, -0.1) is 0 Å². The molecule has 0 aliphatic heterocycles. The summed E-state index contributed by atoms with van der Waals surface area (Å²) in [6, 6.07) is 0. The molecule has 0 saturated carbocycles. The molecule has 0 atom stereocenters. The van der Waals surface area contributed by atoms with Gasteiger partial charge in [-0.2, -0.15) is 0 Å². The van der Waals surface area contributed by atoms with E-state index in [2.05, 4.69) is 5.32 Å². The zero-order chi connectivity index (χ0) is 12.3. The fourth-order valence-electron chi connectivity index (χ4n) is 1.19. The Morgan fingerprint density at radius 3 is 2.76 bits per heavy atom. The predicted molar refractivity (Wildman–Crippen MR) is 66.3 cm³/mol. The molecule has 1 rings (SSSR count). The fraction of sp³-hybridized carbons (Fsp3) is 0.308. The van der Waals surface area contributed by atoms with Crippen molar-refractivity contribution in [2.24, 2.45) is 0 Å². The van der Waals surface area contributed by atoms with Crippen molar-refractivity contribution in [3.8, 4) is 0 Å². The van der Waals surface area contributed by atoms with E-state index >= 15 is 0 Å². The molecule has 4 heteroatoms. The largest absolute Gasteiger partial charge is 0.412 e. The van der Waals surface area contributed by atoms with Gasteiger partial charge in [0.05, 0.1) is 0 Å². The van der Waals surface area contributed by atoms with Gasteiger partial charge in [-0.1, -0.05) is 30.4 Å². The normalized spacial score (nSPS) is 22.5. The van der Waals surface area contributed by atoms with Crippen molar-refractivity contribution in [2.45, 2.75) is 12.8 Å². The Labute approximate surface area is 101 Å². The van der Waals surface area contributed by atoms with Crippen LogP contribution in [0.1, 0.15) is 12.8 Å². The molecular formula is C13H17NO3. The molecule has 0 aromatic carbocycles. The van der Waals surface area contributed by atoms with E-state index < -0.39 is 6.09 Å². The van der Waals surface area contributed by atoms with Gasteiger partial charge in [0.25, 0.3) is 0 Å². The van der Waals surface area contributed by atoms with Gasteiger partial charge in [-0.3, -0.25) is 0 Å². The number of hydrogen-bond donors (Lipinski definition) is 2. The standard InChI is InChI=1S/C13H17NO3/c15-11-7-6-10-14-13(16)17-12-8-4-2-1-3-5-9-12/h1-5,8-9,15H,6-7,10-11H2,(H,14,16)/b2-1-,3-1?,4-2?,5-3+,8-4+,9-5?,12-8?,12-9+. The fourth-order valence-corrected chi connectivity index (χ4v) is 1.19. The minimum Gasteiger partial charge on any atom is -0.410 e. The number of carbonyl (C=O) groups excluding carboxylic acids is 1. The summed E-state index contributed by atoms with van der Waals surface area (Å²) < 4.78 is 5.08. The molecule has 4 nitrogen and oxygen atoms in total. The van der Waals surface area contributed by atoms with Crippen LogP contribution in [-0.4, -0.2) is 24.4 Å². The Morgan fingerprint density at radius 2 is 1.94 bits per heavy atom. The molecule has 0 radical (unpaired) electrons. The Kier molecular flexibility index (Phi) is 6.51. The highest BCUT2D eigenvalue weighted by atomic mass is 16.6. The molecule has 0 bridgehead atoms. The Bertz CT molecular complexity index is 354. The van der Waals surface area contributed by atoms with E-state index in [1.807, 2.05) is 18.2 Å². The SMILES string of the molecule is O=C(NCCCCO)OC1=C/C=C/C=C\C=C\1. The zero-order valence-electron chi connectivity index (χ0n) is 9.63. The van der Waals surface area contributed by atoms with Crippen LogP contribution in [-0.2, 0) is 4.74 Å². The Balaban J connectivity index is 2.30. The number of allylic oxidation sites excluding steroid dienone is 7. The first-order chi connectivity index (χ1) is 8.33. The van der Waals surface area contributed by atoms with Gasteiger partial charge in [0, 0.05) is 13.2 Å². The third kappa shape index (κ3) is 6.37. The Hall–Kier alpha value is -1.81. The van der Waals surface area contributed by atoms with Gasteiger partial charge in [-0.25, -0.2) is 4.79 Å². The average Bonchev–Trinajstić information content (AvgIpc) is 2.28. The summed E-state index contributed by atoms with van der Waals surface area (Å²) in [5.74, 6) is 0.491. The van der Waals surface area contributed by atoms with Crippen LogP contribution in [0, 0.1) is 0 Å². The molecule has 1 amide bonds. The highest BCUT2D eigenvalue weighted by Crippen LogP contribution is 2.03. The number of aliphatic hydroxyl groups excluding tert-OH is 1. The number of nitrogens with one attached hydrogen (secondary N) is 1. The number of hydrogen-bond acceptors (Lipinski definition) is 3. The maximum absolute atomic E-state index is 11.4. The van der Waals surface area contributed by atoms with E-state index in [9.17, 15) is 4.79 Å². The molecule has 0 spiro atoms. The van der Waals surface area contributed by atoms with Crippen LogP contribution in [0.2, 0.25) is 0 Å². The van der Waals surface area contributed by atoms with Crippen LogP contribution in [0.15, 0.2) is 48.3 Å². The van der Waals surface area contributed by atoms with Crippen molar-refractivity contribution in [3.63, 3.8) is 0 Å². The molecule has 0 heterocycles. The van der Waals surface area contributed by atoms with Crippen molar-refractivity contribution < 1.29 is 14.6 Å². The first-order valence-electron chi connectivity index (χ1n) is 5.61. The van der Waals surface area contributed by atoms with E-state index in [4.69, 9.17) is 9.84 Å². The molecule has 1 aliphatic carbocycles. The van der Waals surface area contributed by atoms with Crippen LogP contribution < -0.4 is 5.32 Å². The van der Waals surface area contributed by atoms with Crippen LogP contribution >= 0.6 is 0 Å². The van der Waals surface area contributed by atoms with Crippen LogP contribution in [0.5, 0.6) is 0 Å². The smallest absolute Gasteiger partial charge is 0.410 e. The van der Waals surface area contributed by atoms with Crippen molar-refractivity contribution >= 4 is 6.09 Å². The second-order valence-corrected chi connectivity index (χ2v) is 3.44. The average molecular weight is 235 g/mol. The third-order valence-electron chi connectivity index (χ3n) is 2.03. The quantitative estimate of drug-likeness (QED) is 0.717. The predicted octanol–water partition coefficient (Wildman–Crippen LogP) is 2.05. The van der Waals surface area contributed by atoms with Gasteiger partial charge >= 0.3 is 6.09 Å². The molecule has 0 aromatic heterocycles. The van der Waals surface area contributed by atoms with Crippen LogP contribution in [0.3, 0.4) is 0 Å². The summed E-state index contributed by atoms with van der Waals surface area (Å²) in [7, 11) is 0. The van der Waals surface area contributed by atoms with Crippen LogP contribution in [0.25, 0.3) is 0 Å². The van der Waals surface area contributed by atoms with Gasteiger partial charge < -0.3 is 15.2 Å². The minimum atomic E-state index is -0.475. The summed E-state index contributed by atoms with van der Waals surface area (Å²) in [5.41, 5.74) is 0. The monoisotopic (exact) mass is 235 g/mol. The summed E-state index contributed by atoms with van der Waals surface area (Å²) in [6.45, 7) is 0.647. The maximum Gasteiger partial charge on any atom is 0.412 e. The second-order valence-electron chi connectivity index (χ2n) is 3.44. The van der Waals surface area contributed by atoms with Gasteiger partial charge in [0.1, 0.15) is 5.76 Å². The molecule has 1 aliphatic rings. The number of unbranched alkanes of at least 4 members (excludes halogenated alkanes) is 1. The van der Waals surface area contributed by atoms with Gasteiger partial charge in [0.15, 0.2) is 0 Å². The van der Waals surface area contributed by atoms with Crippen molar-refractivity contribution in [1.29, 1.82) is 0 Å². The Morgan fingerprint density at radius 1 is 1.18 bits per heavy atom. The zero-order valence-corrected chi connectivity index (χ0v) is 9.63. The maximum atomic E-state index is 11.4. The van der Waals surface area contributed by atoms with E-state index in [0.717, 1.165) is 6.42 Å². The number of carbonyl (C=O) groups is 1. The van der Waals surface area contributed by atoms with Crippen LogP contribution in [0.4, 0.5) is 4.79 Å². The third-order valence-corrected chi connectivity index (χ3v) is 2.03. The molecule has 0 saturated heterocycles. The van der Waals surface area contributed by atoms with E-state index in [1.165, 1.54) is 0 Å². The lowest BCUT2D eigenvalue weighted by Crippen LogP contribution is -2.25. The lowest BCUT2D eigenvalue weighted by Gasteiger charge is -2.06. The van der Waals surface area contributed by atoms with Crippen molar-refractivity contribution in [1.82, 2.24) is 5.32 Å². The highest BCUT2D eigenvalue weighted by molar-refractivity contribution is 5.68. The number of amides is 1. The molecule has 0 aromatic rings. The van der Waals surface area contributed by atoms with Gasteiger partial charge in [0.2, 0.25) is 0 Å². The van der Waals surface area contributed by atoms with E-state index in [0.29, 0.717) is 18.7 Å².